The van der Waals surface area contributed by atoms with Crippen LogP contribution < -0.4 is 16.4 Å². The molecule has 190 valence electrons. The highest BCUT2D eigenvalue weighted by Gasteiger charge is 2.12. The quantitative estimate of drug-likeness (QED) is 0.214. The highest BCUT2D eigenvalue weighted by atomic mass is 35.5. The van der Waals surface area contributed by atoms with Gasteiger partial charge in [0.2, 0.25) is 5.91 Å². The maximum atomic E-state index is 12.1. The zero-order chi connectivity index (χ0) is 23.3. The fraction of sp³-hybridized carbons (Fsp3) is 0.692. The Balaban J connectivity index is 0.0000102. The van der Waals surface area contributed by atoms with E-state index in [1.54, 1.807) is 0 Å². The monoisotopic (exact) mass is 483 g/mol. The SMILES string of the molecule is CCCCCCCCCCCCNC(=O)[C@@H](N)CCCCNC(=O)OCc1ccccc1.Cl. The zero-order valence-electron chi connectivity index (χ0n) is 20.5. The van der Waals surface area contributed by atoms with Crippen LogP contribution in [0.3, 0.4) is 0 Å². The van der Waals surface area contributed by atoms with E-state index in [1.165, 1.54) is 51.4 Å². The number of carbonyl (C=O) groups excluding carboxylic acids is 2. The summed E-state index contributed by atoms with van der Waals surface area (Å²) in [6.07, 6.45) is 14.6. The molecule has 0 unspecified atom stereocenters. The summed E-state index contributed by atoms with van der Waals surface area (Å²) in [6.45, 7) is 3.73. The van der Waals surface area contributed by atoms with Crippen LogP contribution in [0.25, 0.3) is 0 Å². The van der Waals surface area contributed by atoms with Gasteiger partial charge in [-0.25, -0.2) is 4.79 Å². The molecule has 0 heterocycles. The molecule has 0 spiro atoms. The zero-order valence-corrected chi connectivity index (χ0v) is 21.3. The molecule has 33 heavy (non-hydrogen) atoms. The summed E-state index contributed by atoms with van der Waals surface area (Å²) >= 11 is 0. The van der Waals surface area contributed by atoms with E-state index in [2.05, 4.69) is 17.6 Å². The van der Waals surface area contributed by atoms with Crippen molar-refractivity contribution in [2.45, 2.75) is 103 Å². The molecule has 1 aromatic carbocycles. The summed E-state index contributed by atoms with van der Waals surface area (Å²) < 4.78 is 5.16. The first-order valence-corrected chi connectivity index (χ1v) is 12.6. The topological polar surface area (TPSA) is 93.5 Å². The Labute approximate surface area is 207 Å². The van der Waals surface area contributed by atoms with Crippen molar-refractivity contribution >= 4 is 24.4 Å². The molecule has 0 saturated heterocycles. The number of alkyl carbamates (subject to hydrolysis) is 1. The van der Waals surface area contributed by atoms with Gasteiger partial charge in [0, 0.05) is 13.1 Å². The minimum Gasteiger partial charge on any atom is -0.445 e. The number of amides is 2. The number of nitrogens with two attached hydrogens (primary N) is 1. The second-order valence-electron chi connectivity index (χ2n) is 8.56. The van der Waals surface area contributed by atoms with Crippen LogP contribution in [0.15, 0.2) is 30.3 Å². The first-order chi connectivity index (χ1) is 15.6. The standard InChI is InChI=1S/C26H45N3O3.ClH/c1-2-3-4-5-6-7-8-9-10-15-20-28-25(30)24(27)19-14-16-21-29-26(31)32-22-23-17-12-11-13-18-23;/h11-13,17-18,24H,2-10,14-16,19-22,27H2,1H3,(H,28,30)(H,29,31);1H/t24-;/m0./s1. The average Bonchev–Trinajstić information content (AvgIpc) is 2.81. The van der Waals surface area contributed by atoms with Gasteiger partial charge in [0.1, 0.15) is 6.61 Å². The molecular weight excluding hydrogens is 438 g/mol. The predicted molar refractivity (Wildman–Crippen MR) is 139 cm³/mol. The Bertz CT molecular complexity index is 602. The van der Waals surface area contributed by atoms with Crippen LogP contribution in [0.4, 0.5) is 4.79 Å². The minimum atomic E-state index is -0.483. The molecule has 1 atom stereocenters. The highest BCUT2D eigenvalue weighted by molar-refractivity contribution is 5.85. The summed E-state index contributed by atoms with van der Waals surface area (Å²) in [4.78, 5) is 23.8. The van der Waals surface area contributed by atoms with E-state index in [4.69, 9.17) is 10.5 Å². The highest BCUT2D eigenvalue weighted by Crippen LogP contribution is 2.10. The smallest absolute Gasteiger partial charge is 0.407 e. The number of rotatable bonds is 19. The Morgan fingerprint density at radius 2 is 1.36 bits per heavy atom. The van der Waals surface area contributed by atoms with E-state index in [0.29, 0.717) is 19.5 Å². The lowest BCUT2D eigenvalue weighted by Crippen LogP contribution is -2.41. The largest absolute Gasteiger partial charge is 0.445 e. The third-order valence-corrected chi connectivity index (χ3v) is 5.59. The van der Waals surface area contributed by atoms with Crippen LogP contribution >= 0.6 is 12.4 Å². The van der Waals surface area contributed by atoms with Crippen molar-refractivity contribution in [3.8, 4) is 0 Å². The van der Waals surface area contributed by atoms with Gasteiger partial charge in [-0.05, 0) is 31.2 Å². The van der Waals surface area contributed by atoms with Gasteiger partial charge in [0.25, 0.3) is 0 Å². The van der Waals surface area contributed by atoms with Gasteiger partial charge >= 0.3 is 6.09 Å². The van der Waals surface area contributed by atoms with Crippen molar-refractivity contribution in [1.82, 2.24) is 10.6 Å². The molecule has 1 aromatic rings. The van der Waals surface area contributed by atoms with E-state index in [1.807, 2.05) is 30.3 Å². The number of carbonyl (C=O) groups is 2. The third-order valence-electron chi connectivity index (χ3n) is 5.59. The van der Waals surface area contributed by atoms with Crippen LogP contribution in [0.5, 0.6) is 0 Å². The van der Waals surface area contributed by atoms with Gasteiger partial charge < -0.3 is 21.1 Å². The van der Waals surface area contributed by atoms with E-state index < -0.39 is 12.1 Å². The molecular formula is C26H46ClN3O3. The van der Waals surface area contributed by atoms with Gasteiger partial charge in [-0.2, -0.15) is 0 Å². The molecule has 6 nitrogen and oxygen atoms in total. The van der Waals surface area contributed by atoms with Crippen molar-refractivity contribution in [1.29, 1.82) is 0 Å². The van der Waals surface area contributed by atoms with Crippen molar-refractivity contribution in [2.24, 2.45) is 5.73 Å². The van der Waals surface area contributed by atoms with Crippen LogP contribution in [-0.4, -0.2) is 31.1 Å². The lowest BCUT2D eigenvalue weighted by Gasteiger charge is -2.12. The van der Waals surface area contributed by atoms with Crippen molar-refractivity contribution in [3.63, 3.8) is 0 Å². The predicted octanol–water partition coefficient (Wildman–Crippen LogP) is 5.87. The number of hydrogen-bond donors (Lipinski definition) is 3. The first-order valence-electron chi connectivity index (χ1n) is 12.6. The fourth-order valence-corrected chi connectivity index (χ4v) is 3.54. The second kappa shape index (κ2) is 22.0. The number of ether oxygens (including phenoxy) is 1. The normalized spacial score (nSPS) is 11.3. The molecule has 0 aromatic heterocycles. The van der Waals surface area contributed by atoms with Gasteiger partial charge in [0.15, 0.2) is 0 Å². The van der Waals surface area contributed by atoms with Crippen LogP contribution in [0, 0.1) is 0 Å². The van der Waals surface area contributed by atoms with Crippen LogP contribution in [-0.2, 0) is 16.1 Å². The summed E-state index contributed by atoms with van der Waals surface area (Å²) in [6, 6.07) is 9.09. The minimum absolute atomic E-state index is 0. The van der Waals surface area contributed by atoms with Gasteiger partial charge in [-0.3, -0.25) is 4.79 Å². The Kier molecular flexibility index (Phi) is 20.8. The van der Waals surface area contributed by atoms with E-state index >= 15 is 0 Å². The second-order valence-corrected chi connectivity index (χ2v) is 8.56. The Hall–Kier alpha value is -1.79. The van der Waals surface area contributed by atoms with Gasteiger partial charge in [0.05, 0.1) is 6.04 Å². The van der Waals surface area contributed by atoms with Crippen molar-refractivity contribution in [2.75, 3.05) is 13.1 Å². The average molecular weight is 484 g/mol. The molecule has 0 aliphatic heterocycles. The van der Waals surface area contributed by atoms with Crippen LogP contribution in [0.2, 0.25) is 0 Å². The molecule has 0 aliphatic carbocycles. The van der Waals surface area contributed by atoms with Crippen LogP contribution in [0.1, 0.15) is 96.0 Å². The van der Waals surface area contributed by atoms with Gasteiger partial charge in [-0.1, -0.05) is 95.0 Å². The van der Waals surface area contributed by atoms with Crippen molar-refractivity contribution in [3.05, 3.63) is 35.9 Å². The molecule has 0 aliphatic rings. The Morgan fingerprint density at radius 3 is 2.00 bits per heavy atom. The van der Waals surface area contributed by atoms with Gasteiger partial charge in [-0.15, -0.1) is 12.4 Å². The number of hydrogen-bond acceptors (Lipinski definition) is 4. The maximum absolute atomic E-state index is 12.1. The molecule has 0 radical (unpaired) electrons. The lowest BCUT2D eigenvalue weighted by atomic mass is 10.1. The molecule has 0 saturated carbocycles. The van der Waals surface area contributed by atoms with E-state index in [0.717, 1.165) is 31.2 Å². The summed E-state index contributed by atoms with van der Waals surface area (Å²) in [5.41, 5.74) is 6.93. The fourth-order valence-electron chi connectivity index (χ4n) is 3.54. The summed E-state index contributed by atoms with van der Waals surface area (Å²) in [7, 11) is 0. The lowest BCUT2D eigenvalue weighted by molar-refractivity contribution is -0.122. The number of unbranched alkanes of at least 4 members (excludes halogenated alkanes) is 10. The molecule has 4 N–H and O–H groups in total. The molecule has 0 bridgehead atoms. The van der Waals surface area contributed by atoms with E-state index in [-0.39, 0.29) is 24.9 Å². The number of benzene rings is 1. The molecule has 7 heteroatoms. The Morgan fingerprint density at radius 1 is 0.818 bits per heavy atom. The first kappa shape index (κ1) is 31.2. The molecule has 2 amide bonds. The summed E-state index contributed by atoms with van der Waals surface area (Å²) in [5, 5.41) is 5.67. The molecule has 1 rings (SSSR count). The third kappa shape index (κ3) is 18.3. The number of halogens is 1. The number of nitrogens with one attached hydrogen (secondary N) is 2. The summed E-state index contributed by atoms with van der Waals surface area (Å²) in [5.74, 6) is -0.0730. The maximum Gasteiger partial charge on any atom is 0.407 e. The van der Waals surface area contributed by atoms with Crippen molar-refractivity contribution < 1.29 is 14.3 Å². The molecule has 0 fully saturated rings. The van der Waals surface area contributed by atoms with E-state index in [9.17, 15) is 9.59 Å².